The molecule has 0 radical (unpaired) electrons. The Morgan fingerprint density at radius 3 is 2.69 bits per heavy atom. The molecule has 1 aromatic carbocycles. The van der Waals surface area contributed by atoms with Crippen molar-refractivity contribution in [2.75, 3.05) is 26.3 Å². The van der Waals surface area contributed by atoms with Crippen LogP contribution in [0.25, 0.3) is 0 Å². The van der Waals surface area contributed by atoms with Gasteiger partial charge in [-0.1, -0.05) is 0 Å². The smallest absolute Gasteiger partial charge is 0.321 e. The Morgan fingerprint density at radius 2 is 1.88 bits per heavy atom. The Balaban J connectivity index is 1.39. The Kier molecular flexibility index (Phi) is 4.97. The van der Waals surface area contributed by atoms with Crippen molar-refractivity contribution in [3.63, 3.8) is 0 Å². The van der Waals surface area contributed by atoms with Gasteiger partial charge in [-0.2, -0.15) is 0 Å². The molecule has 0 aromatic heterocycles. The first-order chi connectivity index (χ1) is 12.7. The molecule has 3 amide bonds. The van der Waals surface area contributed by atoms with Gasteiger partial charge in [0, 0.05) is 30.9 Å². The normalized spacial score (nSPS) is 24.6. The van der Waals surface area contributed by atoms with Gasteiger partial charge in [0.25, 0.3) is 5.91 Å². The fraction of sp³-hybridized carbons (Fsp3) is 0.579. The van der Waals surface area contributed by atoms with Crippen LogP contribution in [-0.4, -0.2) is 44.3 Å². The molecular formula is C19H26N3O4+. The zero-order valence-electron chi connectivity index (χ0n) is 14.9. The third-order valence-electron chi connectivity index (χ3n) is 5.21. The first kappa shape index (κ1) is 17.1. The molecule has 3 N–H and O–H groups in total. The van der Waals surface area contributed by atoms with E-state index in [-0.39, 0.29) is 24.0 Å². The van der Waals surface area contributed by atoms with Gasteiger partial charge in [-0.15, -0.1) is 0 Å². The van der Waals surface area contributed by atoms with Gasteiger partial charge in [-0.3, -0.25) is 10.1 Å². The fourth-order valence-corrected chi connectivity index (χ4v) is 3.75. The molecular weight excluding hydrogens is 334 g/mol. The minimum absolute atomic E-state index is 0.223. The lowest BCUT2D eigenvalue weighted by molar-refractivity contribution is -0.910. The van der Waals surface area contributed by atoms with Crippen LogP contribution < -0.4 is 25.0 Å². The van der Waals surface area contributed by atoms with Gasteiger partial charge >= 0.3 is 6.03 Å². The average molecular weight is 360 g/mol. The van der Waals surface area contributed by atoms with E-state index in [1.54, 1.807) is 0 Å². The van der Waals surface area contributed by atoms with Crippen molar-refractivity contribution in [2.45, 2.75) is 44.2 Å². The minimum Gasteiger partial charge on any atom is -0.490 e. The van der Waals surface area contributed by atoms with Crippen LogP contribution in [0.2, 0.25) is 0 Å². The number of carbonyl (C=O) groups is 2. The van der Waals surface area contributed by atoms with Gasteiger partial charge in [0.2, 0.25) is 0 Å². The highest BCUT2D eigenvalue weighted by atomic mass is 16.5. The lowest BCUT2D eigenvalue weighted by Gasteiger charge is -2.22. The second-order valence-corrected chi connectivity index (χ2v) is 7.33. The maximum absolute atomic E-state index is 12.2. The van der Waals surface area contributed by atoms with E-state index in [1.165, 1.54) is 4.90 Å². The highest BCUT2D eigenvalue weighted by Gasteiger charge is 2.33. The topological polar surface area (TPSA) is 81.1 Å². The first-order valence-electron chi connectivity index (χ1n) is 9.53. The average Bonchev–Trinajstić information content (AvgIpc) is 3.36. The number of fused-ring (bicyclic) bond motifs is 1. The molecule has 1 aliphatic carbocycles. The number of rotatable bonds is 4. The molecule has 1 saturated carbocycles. The first-order valence-corrected chi connectivity index (χ1v) is 9.53. The summed E-state index contributed by atoms with van der Waals surface area (Å²) in [6, 6.07) is 6.20. The van der Waals surface area contributed by atoms with Crippen LogP contribution in [0.1, 0.15) is 43.7 Å². The largest absolute Gasteiger partial charge is 0.490 e. The van der Waals surface area contributed by atoms with Gasteiger partial charge < -0.3 is 19.7 Å². The predicted octanol–water partition coefficient (Wildman–Crippen LogP) is 0.556. The van der Waals surface area contributed by atoms with E-state index in [9.17, 15) is 9.59 Å². The minimum atomic E-state index is -0.372. The summed E-state index contributed by atoms with van der Waals surface area (Å²) in [5, 5.41) is 5.24. The molecule has 1 unspecified atom stereocenters. The highest BCUT2D eigenvalue weighted by molar-refractivity contribution is 5.94. The van der Waals surface area contributed by atoms with Crippen molar-refractivity contribution >= 4 is 11.9 Å². The second kappa shape index (κ2) is 7.53. The summed E-state index contributed by atoms with van der Waals surface area (Å²) < 4.78 is 11.5. The quantitative estimate of drug-likeness (QED) is 0.733. The summed E-state index contributed by atoms with van der Waals surface area (Å²) in [6.07, 6.45) is 4.98. The van der Waals surface area contributed by atoms with Crippen LogP contribution in [0.4, 0.5) is 4.79 Å². The maximum Gasteiger partial charge on any atom is 0.321 e. The molecule has 1 saturated heterocycles. The summed E-state index contributed by atoms with van der Waals surface area (Å²) in [7, 11) is 0. The molecule has 2 fully saturated rings. The van der Waals surface area contributed by atoms with Gasteiger partial charge in [-0.05, 0) is 31.0 Å². The number of ether oxygens (including phenoxy) is 2. The summed E-state index contributed by atoms with van der Waals surface area (Å²) in [5.74, 6) is 1.36. The van der Waals surface area contributed by atoms with Gasteiger partial charge in [0.05, 0.1) is 19.8 Å². The van der Waals surface area contributed by atoms with E-state index in [2.05, 4.69) is 16.7 Å². The number of imide groups is 1. The van der Waals surface area contributed by atoms with Crippen LogP contribution in [0.3, 0.4) is 0 Å². The lowest BCUT2D eigenvalue weighted by Crippen LogP contribution is -3.11. The third kappa shape index (κ3) is 4.09. The van der Waals surface area contributed by atoms with E-state index in [0.29, 0.717) is 19.8 Å². The Bertz CT molecular complexity index is 689. The lowest BCUT2D eigenvalue weighted by atomic mass is 10.0. The van der Waals surface area contributed by atoms with Crippen LogP contribution in [0.5, 0.6) is 11.5 Å². The zero-order chi connectivity index (χ0) is 17.9. The second-order valence-electron chi connectivity index (χ2n) is 7.33. The summed E-state index contributed by atoms with van der Waals surface area (Å²) >= 11 is 0. The Morgan fingerprint density at radius 1 is 1.08 bits per heavy atom. The van der Waals surface area contributed by atoms with Crippen molar-refractivity contribution in [1.82, 2.24) is 10.6 Å². The number of hydrogen-bond donors (Lipinski definition) is 3. The monoisotopic (exact) mass is 360 g/mol. The number of hydrogen-bond acceptors (Lipinski definition) is 4. The maximum atomic E-state index is 12.2. The van der Waals surface area contributed by atoms with Crippen molar-refractivity contribution in [3.8, 4) is 11.5 Å². The van der Waals surface area contributed by atoms with Crippen LogP contribution >= 0.6 is 0 Å². The van der Waals surface area contributed by atoms with E-state index in [0.717, 1.165) is 55.7 Å². The fourth-order valence-electron chi connectivity index (χ4n) is 3.75. The number of benzene rings is 1. The molecule has 0 bridgehead atoms. The molecule has 4 rings (SSSR count). The van der Waals surface area contributed by atoms with E-state index >= 15 is 0 Å². The summed E-state index contributed by atoms with van der Waals surface area (Å²) in [5.41, 5.74) is 1.16. The Hall–Kier alpha value is -2.28. The molecule has 1 aromatic rings. The van der Waals surface area contributed by atoms with Crippen LogP contribution in [0, 0.1) is 0 Å². The SMILES string of the molecule is O=C(C[NH+]1CCC[C@H]1c1ccc2c(c1)OCCCO2)NC(=O)NC1CC1. The van der Waals surface area contributed by atoms with Gasteiger partial charge in [0.1, 0.15) is 6.04 Å². The molecule has 7 nitrogen and oxygen atoms in total. The van der Waals surface area contributed by atoms with Crippen LogP contribution in [0.15, 0.2) is 18.2 Å². The third-order valence-corrected chi connectivity index (χ3v) is 5.21. The molecule has 140 valence electrons. The predicted molar refractivity (Wildman–Crippen MR) is 94.4 cm³/mol. The number of urea groups is 1. The summed E-state index contributed by atoms with van der Waals surface area (Å²) in [4.78, 5) is 25.2. The van der Waals surface area contributed by atoms with Crippen LogP contribution in [-0.2, 0) is 4.79 Å². The number of amides is 3. The molecule has 2 heterocycles. The molecule has 2 aliphatic heterocycles. The van der Waals surface area contributed by atoms with Gasteiger partial charge in [-0.25, -0.2) is 4.79 Å². The molecule has 7 heteroatoms. The van der Waals surface area contributed by atoms with Crippen molar-refractivity contribution in [2.24, 2.45) is 0 Å². The van der Waals surface area contributed by atoms with Crippen molar-refractivity contribution in [1.29, 1.82) is 0 Å². The summed E-state index contributed by atoms with van der Waals surface area (Å²) in [6.45, 7) is 2.57. The molecule has 0 spiro atoms. The number of quaternary nitrogens is 1. The van der Waals surface area contributed by atoms with E-state index in [1.807, 2.05) is 12.1 Å². The molecule has 2 atom stereocenters. The Labute approximate surface area is 153 Å². The van der Waals surface area contributed by atoms with Gasteiger partial charge in [0.15, 0.2) is 18.0 Å². The molecule has 3 aliphatic rings. The van der Waals surface area contributed by atoms with E-state index < -0.39 is 0 Å². The zero-order valence-corrected chi connectivity index (χ0v) is 14.9. The number of likely N-dealkylation sites (tertiary alicyclic amines) is 1. The van der Waals surface area contributed by atoms with E-state index in [4.69, 9.17) is 9.47 Å². The highest BCUT2D eigenvalue weighted by Crippen LogP contribution is 2.33. The number of nitrogens with one attached hydrogen (secondary N) is 3. The van der Waals surface area contributed by atoms with Crippen molar-refractivity contribution < 1.29 is 24.0 Å². The number of carbonyl (C=O) groups excluding carboxylic acids is 2. The van der Waals surface area contributed by atoms with Crippen molar-refractivity contribution in [3.05, 3.63) is 23.8 Å². The standard InChI is InChI=1S/C19H25N3O4/c23-18(21-19(24)20-14-5-6-14)12-22-8-1-3-15(22)13-4-7-16-17(11-13)26-10-2-9-25-16/h4,7,11,14-15H,1-3,5-6,8-10,12H2,(H2,20,21,23,24)/p+1/t15-/m0/s1. The molecule has 26 heavy (non-hydrogen) atoms.